The number of carbonyl (C=O) groups is 1. The molecule has 0 fully saturated rings. The summed E-state index contributed by atoms with van der Waals surface area (Å²) in [5.41, 5.74) is -1.10. The highest BCUT2D eigenvalue weighted by atomic mass is 32.2. The molecule has 0 saturated carbocycles. The van der Waals surface area contributed by atoms with Crippen molar-refractivity contribution in [3.8, 4) is 0 Å². The van der Waals surface area contributed by atoms with Crippen molar-refractivity contribution in [2.45, 2.75) is 25.4 Å². The van der Waals surface area contributed by atoms with Gasteiger partial charge < -0.3 is 14.6 Å². The van der Waals surface area contributed by atoms with Crippen molar-refractivity contribution in [3.05, 3.63) is 0 Å². The number of thioether (sulfide) groups is 2. The van der Waals surface area contributed by atoms with Crippen molar-refractivity contribution < 1.29 is 19.4 Å². The Labute approximate surface area is 105 Å². The van der Waals surface area contributed by atoms with Crippen molar-refractivity contribution in [1.82, 2.24) is 0 Å². The van der Waals surface area contributed by atoms with Crippen LogP contribution < -0.4 is 0 Å². The Morgan fingerprint density at radius 2 is 1.94 bits per heavy atom. The first kappa shape index (κ1) is 16.1. The van der Waals surface area contributed by atoms with Crippen LogP contribution in [0.3, 0.4) is 0 Å². The van der Waals surface area contributed by atoms with Crippen molar-refractivity contribution in [1.29, 1.82) is 0 Å². The van der Waals surface area contributed by atoms with Gasteiger partial charge in [0.05, 0.1) is 18.5 Å². The average Bonchev–Trinajstić information content (AvgIpc) is 2.28. The summed E-state index contributed by atoms with van der Waals surface area (Å²) in [5, 5.41) is 9.21. The van der Waals surface area contributed by atoms with Gasteiger partial charge >= 0.3 is 5.97 Å². The van der Waals surface area contributed by atoms with Gasteiger partial charge in [0.25, 0.3) is 0 Å². The van der Waals surface area contributed by atoms with Crippen LogP contribution in [0.5, 0.6) is 0 Å². The van der Waals surface area contributed by atoms with Crippen molar-refractivity contribution in [3.63, 3.8) is 0 Å². The normalized spacial score (nSPS) is 14.7. The Morgan fingerprint density at radius 3 is 2.38 bits per heavy atom. The van der Waals surface area contributed by atoms with Crippen LogP contribution in [0.25, 0.3) is 0 Å². The minimum absolute atomic E-state index is 0.389. The summed E-state index contributed by atoms with van der Waals surface area (Å²) in [5.74, 6) is 0.0711. The van der Waals surface area contributed by atoms with E-state index in [1.54, 1.807) is 11.8 Å². The van der Waals surface area contributed by atoms with Gasteiger partial charge in [-0.3, -0.25) is 0 Å². The van der Waals surface area contributed by atoms with E-state index in [1.807, 2.05) is 19.4 Å². The molecule has 0 aliphatic heterocycles. The molecule has 0 radical (unpaired) electrons. The standard InChI is InChI=1S/C10H20O4S2/c1-4-10(9(11)12,14-8-16-3)5-6-13-7-15-2/h4-8H2,1-3H3,(H,11,12). The van der Waals surface area contributed by atoms with E-state index in [-0.39, 0.29) is 0 Å². The molecule has 0 spiro atoms. The van der Waals surface area contributed by atoms with Crippen LogP contribution in [0.2, 0.25) is 0 Å². The zero-order chi connectivity index (χ0) is 12.4. The first-order valence-corrected chi connectivity index (χ1v) is 7.84. The quantitative estimate of drug-likeness (QED) is 0.484. The maximum atomic E-state index is 11.2. The molecule has 0 aliphatic rings. The molecule has 0 bridgehead atoms. The Morgan fingerprint density at radius 1 is 1.31 bits per heavy atom. The largest absolute Gasteiger partial charge is 0.479 e. The maximum absolute atomic E-state index is 11.2. The van der Waals surface area contributed by atoms with Crippen LogP contribution in [0.4, 0.5) is 0 Å². The maximum Gasteiger partial charge on any atom is 0.336 e. The van der Waals surface area contributed by atoms with Gasteiger partial charge in [-0.05, 0) is 18.9 Å². The Balaban J connectivity index is 4.22. The van der Waals surface area contributed by atoms with Gasteiger partial charge in [0.15, 0.2) is 5.60 Å². The number of ether oxygens (including phenoxy) is 2. The SMILES string of the molecule is CCC(CCOCSC)(OCSC)C(=O)O. The van der Waals surface area contributed by atoms with Gasteiger partial charge in [-0.1, -0.05) is 6.92 Å². The number of hydrogen-bond acceptors (Lipinski definition) is 5. The van der Waals surface area contributed by atoms with Crippen LogP contribution in [0, 0.1) is 0 Å². The smallest absolute Gasteiger partial charge is 0.336 e. The predicted molar refractivity (Wildman–Crippen MR) is 69.1 cm³/mol. The molecule has 0 aromatic heterocycles. The molecule has 0 rings (SSSR count). The third kappa shape index (κ3) is 5.43. The molecule has 1 N–H and O–H groups in total. The number of hydrogen-bond donors (Lipinski definition) is 1. The summed E-state index contributed by atoms with van der Waals surface area (Å²) in [7, 11) is 0. The lowest BCUT2D eigenvalue weighted by atomic mass is 9.97. The van der Waals surface area contributed by atoms with Crippen molar-refractivity contribution in [2.24, 2.45) is 0 Å². The molecular weight excluding hydrogens is 248 g/mol. The Bertz CT molecular complexity index is 201. The molecule has 0 saturated heterocycles. The lowest BCUT2D eigenvalue weighted by molar-refractivity contribution is -0.166. The van der Waals surface area contributed by atoms with E-state index in [0.29, 0.717) is 31.3 Å². The highest BCUT2D eigenvalue weighted by Gasteiger charge is 2.37. The molecule has 16 heavy (non-hydrogen) atoms. The molecule has 4 nitrogen and oxygen atoms in total. The van der Waals surface area contributed by atoms with Gasteiger partial charge in [-0.15, -0.1) is 23.5 Å². The van der Waals surface area contributed by atoms with Crippen molar-refractivity contribution in [2.75, 3.05) is 31.0 Å². The summed E-state index contributed by atoms with van der Waals surface area (Å²) in [6, 6.07) is 0. The van der Waals surface area contributed by atoms with E-state index in [0.717, 1.165) is 0 Å². The van der Waals surface area contributed by atoms with Gasteiger partial charge in [0, 0.05) is 6.42 Å². The summed E-state index contributed by atoms with van der Waals surface area (Å²) < 4.78 is 10.7. The molecule has 1 unspecified atom stereocenters. The summed E-state index contributed by atoms with van der Waals surface area (Å²) in [6.45, 7) is 2.23. The van der Waals surface area contributed by atoms with E-state index in [9.17, 15) is 9.90 Å². The number of aliphatic carboxylic acids is 1. The van der Waals surface area contributed by atoms with Crippen LogP contribution in [-0.2, 0) is 14.3 Å². The van der Waals surface area contributed by atoms with Crippen molar-refractivity contribution >= 4 is 29.5 Å². The fourth-order valence-electron chi connectivity index (χ4n) is 1.22. The molecular formula is C10H20O4S2. The van der Waals surface area contributed by atoms with E-state index < -0.39 is 11.6 Å². The molecule has 0 aromatic carbocycles. The number of carboxylic acid groups (broad SMARTS) is 1. The molecule has 6 heteroatoms. The third-order valence-corrected chi connectivity index (χ3v) is 3.02. The summed E-state index contributed by atoms with van der Waals surface area (Å²) in [4.78, 5) is 11.2. The van der Waals surface area contributed by atoms with E-state index >= 15 is 0 Å². The summed E-state index contributed by atoms with van der Waals surface area (Å²) in [6.07, 6.45) is 4.66. The molecule has 0 heterocycles. The van der Waals surface area contributed by atoms with Gasteiger partial charge in [-0.2, -0.15) is 0 Å². The van der Waals surface area contributed by atoms with Crippen LogP contribution >= 0.6 is 23.5 Å². The lowest BCUT2D eigenvalue weighted by Crippen LogP contribution is -2.42. The van der Waals surface area contributed by atoms with E-state index in [4.69, 9.17) is 9.47 Å². The second-order valence-electron chi connectivity index (χ2n) is 3.27. The first-order valence-electron chi connectivity index (χ1n) is 5.06. The number of carboxylic acids is 1. The highest BCUT2D eigenvalue weighted by Crippen LogP contribution is 2.23. The van der Waals surface area contributed by atoms with Crippen LogP contribution in [-0.4, -0.2) is 47.7 Å². The topological polar surface area (TPSA) is 55.8 Å². The second kappa shape index (κ2) is 9.15. The molecule has 0 aliphatic carbocycles. The van der Waals surface area contributed by atoms with Gasteiger partial charge in [-0.25, -0.2) is 4.79 Å². The van der Waals surface area contributed by atoms with Crippen LogP contribution in [0.15, 0.2) is 0 Å². The van der Waals surface area contributed by atoms with Gasteiger partial charge in [0.1, 0.15) is 0 Å². The van der Waals surface area contributed by atoms with E-state index in [2.05, 4.69) is 0 Å². The third-order valence-electron chi connectivity index (χ3n) is 2.27. The van der Waals surface area contributed by atoms with Crippen LogP contribution in [0.1, 0.15) is 19.8 Å². The minimum atomic E-state index is -1.10. The molecule has 0 aromatic rings. The lowest BCUT2D eigenvalue weighted by Gasteiger charge is -2.27. The molecule has 96 valence electrons. The second-order valence-corrected chi connectivity index (χ2v) is 4.89. The Hall–Kier alpha value is 0.0900. The highest BCUT2D eigenvalue weighted by molar-refractivity contribution is 7.98. The zero-order valence-corrected chi connectivity index (χ0v) is 11.7. The zero-order valence-electron chi connectivity index (χ0n) is 10.0. The monoisotopic (exact) mass is 268 g/mol. The fourth-order valence-corrected chi connectivity index (χ4v) is 1.85. The molecule has 1 atom stereocenters. The average molecular weight is 268 g/mol. The fraction of sp³-hybridized carbons (Fsp3) is 0.900. The number of rotatable bonds is 10. The summed E-state index contributed by atoms with van der Waals surface area (Å²) >= 11 is 3.05. The Kier molecular flexibility index (Phi) is 9.21. The van der Waals surface area contributed by atoms with E-state index in [1.165, 1.54) is 11.8 Å². The molecule has 0 amide bonds. The van der Waals surface area contributed by atoms with Gasteiger partial charge in [0.2, 0.25) is 0 Å². The first-order chi connectivity index (χ1) is 7.63. The minimum Gasteiger partial charge on any atom is -0.479 e. The predicted octanol–water partition coefficient (Wildman–Crippen LogP) is 2.28.